The maximum Gasteiger partial charge on any atom is 0.160 e. The van der Waals surface area contributed by atoms with Crippen LogP contribution in [0.4, 0.5) is 5.82 Å². The van der Waals surface area contributed by atoms with Crippen LogP contribution in [0, 0.1) is 0 Å². The van der Waals surface area contributed by atoms with E-state index in [1.807, 2.05) is 24.3 Å². The second-order valence-corrected chi connectivity index (χ2v) is 4.00. The zero-order valence-corrected chi connectivity index (χ0v) is 10.0. The van der Waals surface area contributed by atoms with E-state index in [1.165, 1.54) is 0 Å². The van der Waals surface area contributed by atoms with Crippen molar-refractivity contribution in [2.24, 2.45) is 0 Å². The van der Waals surface area contributed by atoms with Crippen LogP contribution in [0.15, 0.2) is 36.7 Å². The Labute approximate surface area is 104 Å². The lowest BCUT2D eigenvalue weighted by atomic mass is 10.2. The first-order valence-electron chi connectivity index (χ1n) is 5.82. The Morgan fingerprint density at radius 1 is 1.22 bits per heavy atom. The third-order valence-electron chi connectivity index (χ3n) is 2.86. The van der Waals surface area contributed by atoms with Crippen LogP contribution in [0.3, 0.4) is 0 Å². The molecule has 0 unspecified atom stereocenters. The number of pyridine rings is 2. The number of rotatable bonds is 2. The van der Waals surface area contributed by atoms with Gasteiger partial charge in [0, 0.05) is 24.5 Å². The minimum Gasteiger partial charge on any atom is -0.384 e. The Bertz CT molecular complexity index is 701. The highest BCUT2D eigenvalue weighted by Crippen LogP contribution is 2.23. The summed E-state index contributed by atoms with van der Waals surface area (Å²) in [5, 5.41) is 0. The molecule has 0 amide bonds. The first-order chi connectivity index (χ1) is 8.79. The summed E-state index contributed by atoms with van der Waals surface area (Å²) in [6.45, 7) is 2.88. The topological polar surface area (TPSA) is 69.6 Å². The summed E-state index contributed by atoms with van der Waals surface area (Å²) in [6, 6.07) is 7.58. The summed E-state index contributed by atoms with van der Waals surface area (Å²) in [5.74, 6) is 1.37. The van der Waals surface area contributed by atoms with Crippen LogP contribution >= 0.6 is 0 Å². The van der Waals surface area contributed by atoms with Gasteiger partial charge < -0.3 is 10.3 Å². The molecule has 0 aromatic carbocycles. The van der Waals surface area contributed by atoms with Crippen LogP contribution < -0.4 is 5.73 Å². The van der Waals surface area contributed by atoms with Crippen molar-refractivity contribution in [3.05, 3.63) is 36.7 Å². The molecule has 3 aromatic heterocycles. The highest BCUT2D eigenvalue weighted by molar-refractivity contribution is 5.77. The minimum absolute atomic E-state index is 0.496. The zero-order valence-electron chi connectivity index (χ0n) is 10.0. The zero-order chi connectivity index (χ0) is 12.5. The molecule has 0 aliphatic rings. The van der Waals surface area contributed by atoms with Crippen LogP contribution in [0.5, 0.6) is 0 Å². The van der Waals surface area contributed by atoms with E-state index < -0.39 is 0 Å². The van der Waals surface area contributed by atoms with Gasteiger partial charge in [-0.2, -0.15) is 0 Å². The molecule has 2 N–H and O–H groups in total. The molecular weight excluding hydrogens is 226 g/mol. The predicted octanol–water partition coefficient (Wildman–Crippen LogP) is 2.10. The van der Waals surface area contributed by atoms with Crippen LogP contribution in [0.2, 0.25) is 0 Å². The van der Waals surface area contributed by atoms with Gasteiger partial charge in [0.25, 0.3) is 0 Å². The third-order valence-corrected chi connectivity index (χ3v) is 2.86. The van der Waals surface area contributed by atoms with Gasteiger partial charge >= 0.3 is 0 Å². The lowest BCUT2D eigenvalue weighted by Crippen LogP contribution is -1.99. The van der Waals surface area contributed by atoms with Crippen LogP contribution in [0.1, 0.15) is 6.92 Å². The fourth-order valence-corrected chi connectivity index (χ4v) is 2.07. The smallest absolute Gasteiger partial charge is 0.160 e. The van der Waals surface area contributed by atoms with Crippen molar-refractivity contribution >= 4 is 17.0 Å². The van der Waals surface area contributed by atoms with Crippen LogP contribution in [-0.4, -0.2) is 19.5 Å². The molecule has 0 aliphatic carbocycles. The van der Waals surface area contributed by atoms with Gasteiger partial charge in [-0.15, -0.1) is 0 Å². The number of aryl methyl sites for hydroxylation is 1. The standard InChI is InChI=1S/C13H13N5/c1-2-18-12(9-5-7-15-11(14)8-9)17-10-4-3-6-16-13(10)18/h3-8H,2H2,1H3,(H2,14,15). The second kappa shape index (κ2) is 4.10. The van der Waals surface area contributed by atoms with Crippen LogP contribution in [0.25, 0.3) is 22.6 Å². The van der Waals surface area contributed by atoms with E-state index in [1.54, 1.807) is 12.4 Å². The van der Waals surface area contributed by atoms with Gasteiger partial charge in [0.15, 0.2) is 5.65 Å². The average Bonchev–Trinajstić information content (AvgIpc) is 2.77. The maximum atomic E-state index is 5.72. The second-order valence-electron chi connectivity index (χ2n) is 4.00. The number of hydrogen-bond donors (Lipinski definition) is 1. The van der Waals surface area contributed by atoms with Gasteiger partial charge in [0.05, 0.1) is 0 Å². The number of imidazole rings is 1. The van der Waals surface area contributed by atoms with Crippen LogP contribution in [-0.2, 0) is 6.54 Å². The van der Waals surface area contributed by atoms with Gasteiger partial charge in [0.1, 0.15) is 17.2 Å². The minimum atomic E-state index is 0.496. The molecule has 0 radical (unpaired) electrons. The van der Waals surface area contributed by atoms with Crippen molar-refractivity contribution in [3.63, 3.8) is 0 Å². The lowest BCUT2D eigenvalue weighted by Gasteiger charge is -2.05. The third kappa shape index (κ3) is 1.60. The molecule has 18 heavy (non-hydrogen) atoms. The molecule has 0 bridgehead atoms. The van der Waals surface area contributed by atoms with E-state index in [0.29, 0.717) is 5.82 Å². The summed E-state index contributed by atoms with van der Waals surface area (Å²) in [5.41, 5.74) is 8.47. The quantitative estimate of drug-likeness (QED) is 0.743. The first kappa shape index (κ1) is 10.7. The summed E-state index contributed by atoms with van der Waals surface area (Å²) in [6.07, 6.45) is 3.47. The lowest BCUT2D eigenvalue weighted by molar-refractivity contribution is 0.787. The Morgan fingerprint density at radius 3 is 2.89 bits per heavy atom. The summed E-state index contributed by atoms with van der Waals surface area (Å²) < 4.78 is 2.07. The molecule has 90 valence electrons. The highest BCUT2D eigenvalue weighted by Gasteiger charge is 2.12. The number of nitrogens with two attached hydrogens (primary N) is 1. The Morgan fingerprint density at radius 2 is 2.11 bits per heavy atom. The SMILES string of the molecule is CCn1c(-c2ccnc(N)c2)nc2cccnc21. The fraction of sp³-hybridized carbons (Fsp3) is 0.154. The van der Waals surface area contributed by atoms with E-state index >= 15 is 0 Å². The number of nitrogens with zero attached hydrogens (tertiary/aromatic N) is 4. The van der Waals surface area contributed by atoms with Crippen molar-refractivity contribution in [2.45, 2.75) is 13.5 Å². The number of hydrogen-bond acceptors (Lipinski definition) is 4. The van der Waals surface area contributed by atoms with E-state index in [4.69, 9.17) is 5.73 Å². The molecule has 3 aromatic rings. The van der Waals surface area contributed by atoms with Crippen molar-refractivity contribution < 1.29 is 0 Å². The van der Waals surface area contributed by atoms with Gasteiger partial charge in [-0.3, -0.25) is 0 Å². The molecule has 0 fully saturated rings. The monoisotopic (exact) mass is 239 g/mol. The number of anilines is 1. The number of aromatic nitrogens is 4. The molecule has 0 aliphatic heterocycles. The molecule has 0 atom stereocenters. The summed E-state index contributed by atoms with van der Waals surface area (Å²) in [4.78, 5) is 13.0. The number of fused-ring (bicyclic) bond motifs is 1. The molecule has 5 nitrogen and oxygen atoms in total. The molecule has 0 saturated carbocycles. The van der Waals surface area contributed by atoms with Gasteiger partial charge in [-0.25, -0.2) is 15.0 Å². The van der Waals surface area contributed by atoms with Crippen molar-refractivity contribution in [3.8, 4) is 11.4 Å². The first-order valence-corrected chi connectivity index (χ1v) is 5.82. The molecule has 3 heterocycles. The highest BCUT2D eigenvalue weighted by atomic mass is 15.1. The van der Waals surface area contributed by atoms with Crippen molar-refractivity contribution in [1.82, 2.24) is 19.5 Å². The van der Waals surface area contributed by atoms with Gasteiger partial charge in [-0.1, -0.05) is 0 Å². The van der Waals surface area contributed by atoms with E-state index in [-0.39, 0.29) is 0 Å². The molecular formula is C13H13N5. The predicted molar refractivity (Wildman–Crippen MR) is 70.8 cm³/mol. The normalized spacial score (nSPS) is 10.9. The molecule has 0 spiro atoms. The molecule has 3 rings (SSSR count). The Balaban J connectivity index is 2.28. The molecule has 0 saturated heterocycles. The fourth-order valence-electron chi connectivity index (χ4n) is 2.07. The largest absolute Gasteiger partial charge is 0.384 e. The number of nitrogen functional groups attached to an aromatic ring is 1. The van der Waals surface area contributed by atoms with Gasteiger partial charge in [-0.05, 0) is 31.2 Å². The summed E-state index contributed by atoms with van der Waals surface area (Å²) >= 11 is 0. The van der Waals surface area contributed by atoms with Crippen molar-refractivity contribution in [2.75, 3.05) is 5.73 Å². The Hall–Kier alpha value is -2.43. The van der Waals surface area contributed by atoms with Gasteiger partial charge in [0.2, 0.25) is 0 Å². The van der Waals surface area contributed by atoms with E-state index in [2.05, 4.69) is 26.4 Å². The van der Waals surface area contributed by atoms with E-state index in [9.17, 15) is 0 Å². The Kier molecular flexibility index (Phi) is 2.44. The maximum absolute atomic E-state index is 5.72. The average molecular weight is 239 g/mol. The van der Waals surface area contributed by atoms with E-state index in [0.717, 1.165) is 29.1 Å². The summed E-state index contributed by atoms with van der Waals surface area (Å²) in [7, 11) is 0. The van der Waals surface area contributed by atoms with Crippen molar-refractivity contribution in [1.29, 1.82) is 0 Å². The molecule has 5 heteroatoms.